The molecular weight excluding hydrogens is 332 g/mol. The minimum atomic E-state index is -0.362. The van der Waals surface area contributed by atoms with Gasteiger partial charge in [-0.15, -0.1) is 0 Å². The third kappa shape index (κ3) is 2.77. The summed E-state index contributed by atoms with van der Waals surface area (Å²) in [4.78, 5) is 33.6. The van der Waals surface area contributed by atoms with Crippen molar-refractivity contribution in [3.05, 3.63) is 36.0 Å². The van der Waals surface area contributed by atoms with Gasteiger partial charge in [-0.25, -0.2) is 0 Å². The molecular formula is C19H24N4O3. The molecule has 7 nitrogen and oxygen atoms in total. The van der Waals surface area contributed by atoms with Crippen molar-refractivity contribution in [1.82, 2.24) is 19.7 Å². The first-order valence-electron chi connectivity index (χ1n) is 8.81. The lowest BCUT2D eigenvalue weighted by atomic mass is 9.90. The summed E-state index contributed by atoms with van der Waals surface area (Å²) < 4.78 is 6.04. The molecule has 0 saturated carbocycles. The SMILES string of the molecule is CN(C)C(=O)C1COC2(CN(C(=O)c3cc4ccccc4[nH]3)C2)CN1C. The van der Waals surface area contributed by atoms with E-state index < -0.39 is 0 Å². The summed E-state index contributed by atoms with van der Waals surface area (Å²) in [5, 5.41) is 1.03. The summed E-state index contributed by atoms with van der Waals surface area (Å²) in [6.07, 6.45) is 0. The van der Waals surface area contributed by atoms with Crippen LogP contribution in [0.25, 0.3) is 10.9 Å². The number of likely N-dealkylation sites (N-methyl/N-ethyl adjacent to an activating group) is 2. The summed E-state index contributed by atoms with van der Waals surface area (Å²) in [5.41, 5.74) is 1.20. The highest BCUT2D eigenvalue weighted by atomic mass is 16.5. The average molecular weight is 356 g/mol. The van der Waals surface area contributed by atoms with Crippen LogP contribution in [0.1, 0.15) is 10.5 Å². The van der Waals surface area contributed by atoms with Gasteiger partial charge in [0, 0.05) is 31.5 Å². The Kier molecular flexibility index (Phi) is 4.00. The predicted molar refractivity (Wildman–Crippen MR) is 98.0 cm³/mol. The Morgan fingerprint density at radius 1 is 1.23 bits per heavy atom. The lowest BCUT2D eigenvalue weighted by Gasteiger charge is -2.54. The number of aromatic nitrogens is 1. The number of fused-ring (bicyclic) bond motifs is 1. The van der Waals surface area contributed by atoms with Gasteiger partial charge in [0.2, 0.25) is 5.91 Å². The van der Waals surface area contributed by atoms with Crippen molar-refractivity contribution in [2.24, 2.45) is 0 Å². The summed E-state index contributed by atoms with van der Waals surface area (Å²) >= 11 is 0. The van der Waals surface area contributed by atoms with E-state index in [0.717, 1.165) is 10.9 Å². The van der Waals surface area contributed by atoms with Gasteiger partial charge in [-0.3, -0.25) is 14.5 Å². The van der Waals surface area contributed by atoms with Gasteiger partial charge < -0.3 is 19.5 Å². The molecule has 1 atom stereocenters. The topological polar surface area (TPSA) is 68.9 Å². The first kappa shape index (κ1) is 17.1. The molecule has 2 aliphatic rings. The molecule has 0 aliphatic carbocycles. The number of aromatic amines is 1. The van der Waals surface area contributed by atoms with Crippen LogP contribution >= 0.6 is 0 Å². The van der Waals surface area contributed by atoms with Crippen LogP contribution in [0.15, 0.2) is 30.3 Å². The van der Waals surface area contributed by atoms with Crippen molar-refractivity contribution in [3.63, 3.8) is 0 Å². The second-order valence-corrected chi connectivity index (χ2v) is 7.59. The molecule has 2 fully saturated rings. The van der Waals surface area contributed by atoms with E-state index >= 15 is 0 Å². The number of benzene rings is 1. The van der Waals surface area contributed by atoms with E-state index in [9.17, 15) is 9.59 Å². The summed E-state index contributed by atoms with van der Waals surface area (Å²) in [6.45, 7) is 2.11. The maximum atomic E-state index is 12.7. The van der Waals surface area contributed by atoms with Gasteiger partial charge in [0.25, 0.3) is 5.91 Å². The summed E-state index contributed by atoms with van der Waals surface area (Å²) in [5.74, 6) is 0.0391. The first-order valence-corrected chi connectivity index (χ1v) is 8.81. The number of likely N-dealkylation sites (tertiary alicyclic amines) is 1. The van der Waals surface area contributed by atoms with Crippen LogP contribution in [0.3, 0.4) is 0 Å². The summed E-state index contributed by atoms with van der Waals surface area (Å²) in [7, 11) is 5.45. The number of para-hydroxylation sites is 1. The van der Waals surface area contributed by atoms with Crippen LogP contribution in [-0.4, -0.2) is 90.5 Å². The zero-order valence-electron chi connectivity index (χ0n) is 15.4. The number of hydrogen-bond donors (Lipinski definition) is 1. The van der Waals surface area contributed by atoms with Gasteiger partial charge in [0.1, 0.15) is 17.3 Å². The first-order chi connectivity index (χ1) is 12.4. The Bertz CT molecular complexity index is 820. The van der Waals surface area contributed by atoms with Crippen LogP contribution in [0.4, 0.5) is 0 Å². The Morgan fingerprint density at radius 3 is 2.62 bits per heavy atom. The third-order valence-corrected chi connectivity index (χ3v) is 5.35. The van der Waals surface area contributed by atoms with E-state index in [0.29, 0.717) is 31.9 Å². The Hall–Kier alpha value is -2.38. The molecule has 0 radical (unpaired) electrons. The maximum Gasteiger partial charge on any atom is 0.270 e. The smallest absolute Gasteiger partial charge is 0.270 e. The fourth-order valence-corrected chi connectivity index (χ4v) is 3.89. The van der Waals surface area contributed by atoms with Gasteiger partial charge >= 0.3 is 0 Å². The van der Waals surface area contributed by atoms with E-state index in [1.54, 1.807) is 23.9 Å². The number of rotatable bonds is 2. The molecule has 2 aliphatic heterocycles. The van der Waals surface area contributed by atoms with Gasteiger partial charge in [-0.05, 0) is 19.2 Å². The molecule has 138 valence electrons. The highest BCUT2D eigenvalue weighted by Gasteiger charge is 2.51. The fourth-order valence-electron chi connectivity index (χ4n) is 3.89. The van der Waals surface area contributed by atoms with Crippen molar-refractivity contribution < 1.29 is 14.3 Å². The van der Waals surface area contributed by atoms with Crippen molar-refractivity contribution in [1.29, 1.82) is 0 Å². The number of hydrogen-bond acceptors (Lipinski definition) is 4. The number of amides is 2. The number of nitrogens with zero attached hydrogens (tertiary/aromatic N) is 3. The molecule has 2 saturated heterocycles. The standard InChI is InChI=1S/C19H24N4O3/c1-21(2)18(25)16-9-26-19(10-22(16)3)11-23(12-19)17(24)15-8-13-6-4-5-7-14(13)20-15/h4-8,16,20H,9-12H2,1-3H3. The number of carbonyl (C=O) groups is 2. The number of carbonyl (C=O) groups excluding carboxylic acids is 2. The quantitative estimate of drug-likeness (QED) is 0.864. The zero-order chi connectivity index (χ0) is 18.5. The number of morpholine rings is 1. The monoisotopic (exact) mass is 356 g/mol. The molecule has 3 heterocycles. The number of H-pyrrole nitrogens is 1. The lowest BCUT2D eigenvalue weighted by molar-refractivity contribution is -0.190. The Balaban J connectivity index is 1.40. The minimum absolute atomic E-state index is 0.00966. The number of nitrogens with one attached hydrogen (secondary N) is 1. The van der Waals surface area contributed by atoms with Gasteiger partial charge in [0.15, 0.2) is 0 Å². The van der Waals surface area contributed by atoms with E-state index in [1.807, 2.05) is 42.3 Å². The highest BCUT2D eigenvalue weighted by molar-refractivity contribution is 5.98. The second-order valence-electron chi connectivity index (χ2n) is 7.59. The largest absolute Gasteiger partial charge is 0.368 e. The molecule has 1 unspecified atom stereocenters. The molecule has 1 aromatic heterocycles. The predicted octanol–water partition coefficient (Wildman–Crippen LogP) is 0.781. The molecule has 1 N–H and O–H groups in total. The van der Waals surface area contributed by atoms with E-state index in [2.05, 4.69) is 4.98 Å². The number of ether oxygens (including phenoxy) is 1. The third-order valence-electron chi connectivity index (χ3n) is 5.35. The molecule has 1 spiro atoms. The van der Waals surface area contributed by atoms with Gasteiger partial charge in [-0.2, -0.15) is 0 Å². The summed E-state index contributed by atoms with van der Waals surface area (Å²) in [6, 6.07) is 9.49. The van der Waals surface area contributed by atoms with Crippen molar-refractivity contribution in [2.75, 3.05) is 47.4 Å². The molecule has 4 rings (SSSR count). The second kappa shape index (κ2) is 6.10. The van der Waals surface area contributed by atoms with E-state index in [4.69, 9.17) is 4.74 Å². The van der Waals surface area contributed by atoms with E-state index in [-0.39, 0.29) is 23.5 Å². The van der Waals surface area contributed by atoms with Crippen LogP contribution in [0, 0.1) is 0 Å². The molecule has 26 heavy (non-hydrogen) atoms. The van der Waals surface area contributed by atoms with Crippen molar-refractivity contribution >= 4 is 22.7 Å². The van der Waals surface area contributed by atoms with Gasteiger partial charge in [0.05, 0.1) is 19.7 Å². The molecule has 2 aromatic rings. The minimum Gasteiger partial charge on any atom is -0.368 e. The van der Waals surface area contributed by atoms with Crippen LogP contribution in [0.2, 0.25) is 0 Å². The van der Waals surface area contributed by atoms with Crippen LogP contribution in [-0.2, 0) is 9.53 Å². The van der Waals surface area contributed by atoms with Crippen molar-refractivity contribution in [3.8, 4) is 0 Å². The Labute approximate surface area is 152 Å². The molecule has 2 amide bonds. The molecule has 0 bridgehead atoms. The van der Waals surface area contributed by atoms with Crippen molar-refractivity contribution in [2.45, 2.75) is 11.6 Å². The lowest BCUT2D eigenvalue weighted by Crippen LogP contribution is -2.73. The maximum absolute atomic E-state index is 12.7. The molecule has 7 heteroatoms. The average Bonchev–Trinajstić information content (AvgIpc) is 3.02. The van der Waals surface area contributed by atoms with Crippen LogP contribution < -0.4 is 0 Å². The van der Waals surface area contributed by atoms with E-state index in [1.165, 1.54) is 0 Å². The fraction of sp³-hybridized carbons (Fsp3) is 0.474. The van der Waals surface area contributed by atoms with Gasteiger partial charge in [-0.1, -0.05) is 18.2 Å². The normalized spacial score (nSPS) is 22.4. The Morgan fingerprint density at radius 2 is 1.96 bits per heavy atom. The molecule has 1 aromatic carbocycles. The van der Waals surface area contributed by atoms with Crippen LogP contribution in [0.5, 0.6) is 0 Å². The highest BCUT2D eigenvalue weighted by Crippen LogP contribution is 2.32. The zero-order valence-corrected chi connectivity index (χ0v) is 15.4.